The maximum atomic E-state index is 11.6. The van der Waals surface area contributed by atoms with Crippen LogP contribution in [0.4, 0.5) is 0 Å². The first-order chi connectivity index (χ1) is 7.36. The average Bonchev–Trinajstić information content (AvgIpc) is 2.14. The highest BCUT2D eigenvalue weighted by Gasteiger charge is 2.18. The molecule has 0 heterocycles. The molecule has 0 saturated carbocycles. The van der Waals surface area contributed by atoms with Gasteiger partial charge in [-0.15, -0.1) is 0 Å². The van der Waals surface area contributed by atoms with E-state index in [1.54, 1.807) is 6.92 Å². The van der Waals surface area contributed by atoms with Gasteiger partial charge in [-0.1, -0.05) is 13.8 Å². The monoisotopic (exact) mass is 225 g/mol. The predicted molar refractivity (Wildman–Crippen MR) is 64.7 cm³/mol. The Balaban J connectivity index is 4.31. The quantitative estimate of drug-likeness (QED) is 0.740. The van der Waals surface area contributed by atoms with Crippen molar-refractivity contribution in [3.05, 3.63) is 0 Å². The highest BCUT2D eigenvalue weighted by molar-refractivity contribution is 5.80. The molecule has 0 aliphatic carbocycles. The Morgan fingerprint density at radius 3 is 2.31 bits per heavy atom. The number of hydrogen-bond donors (Lipinski definition) is 1. The van der Waals surface area contributed by atoms with Gasteiger partial charge >= 0.3 is 0 Å². The third-order valence-corrected chi connectivity index (χ3v) is 2.27. The highest BCUT2D eigenvalue weighted by atomic mass is 16.1. The number of hydrogen-bond acceptors (Lipinski definition) is 3. The van der Waals surface area contributed by atoms with Crippen LogP contribution in [0.3, 0.4) is 0 Å². The summed E-state index contributed by atoms with van der Waals surface area (Å²) in [7, 11) is 3.96. The van der Waals surface area contributed by atoms with Crippen molar-refractivity contribution in [2.24, 2.45) is 11.8 Å². The summed E-state index contributed by atoms with van der Waals surface area (Å²) in [5, 5.41) is 11.6. The van der Waals surface area contributed by atoms with E-state index in [4.69, 9.17) is 5.26 Å². The van der Waals surface area contributed by atoms with E-state index in [2.05, 4.69) is 19.2 Å². The maximum Gasteiger partial charge on any atom is 0.237 e. The highest BCUT2D eigenvalue weighted by Crippen LogP contribution is 2.06. The van der Waals surface area contributed by atoms with Crippen LogP contribution in [0, 0.1) is 23.2 Å². The van der Waals surface area contributed by atoms with Crippen molar-refractivity contribution in [1.29, 1.82) is 5.26 Å². The summed E-state index contributed by atoms with van der Waals surface area (Å²) in [6, 6.07) is 2.07. The van der Waals surface area contributed by atoms with Crippen molar-refractivity contribution in [2.75, 3.05) is 20.6 Å². The van der Waals surface area contributed by atoms with Crippen LogP contribution in [0.25, 0.3) is 0 Å². The second kappa shape index (κ2) is 7.24. The minimum absolute atomic E-state index is 0.123. The predicted octanol–water partition coefficient (Wildman–Crippen LogP) is 1.24. The van der Waals surface area contributed by atoms with E-state index >= 15 is 0 Å². The summed E-state index contributed by atoms with van der Waals surface area (Å²) >= 11 is 0. The van der Waals surface area contributed by atoms with Crippen molar-refractivity contribution in [2.45, 2.75) is 33.2 Å². The van der Waals surface area contributed by atoms with E-state index in [0.29, 0.717) is 5.92 Å². The molecule has 0 aliphatic rings. The van der Waals surface area contributed by atoms with Crippen LogP contribution in [0.5, 0.6) is 0 Å². The molecule has 0 fully saturated rings. The van der Waals surface area contributed by atoms with Crippen molar-refractivity contribution in [3.63, 3.8) is 0 Å². The van der Waals surface area contributed by atoms with Gasteiger partial charge in [0.2, 0.25) is 5.91 Å². The first-order valence-electron chi connectivity index (χ1n) is 5.71. The number of nitriles is 1. The Bertz CT molecular complexity index is 245. The van der Waals surface area contributed by atoms with E-state index in [-0.39, 0.29) is 11.9 Å². The van der Waals surface area contributed by atoms with Crippen LogP contribution in [-0.2, 0) is 4.79 Å². The van der Waals surface area contributed by atoms with Gasteiger partial charge in [0.1, 0.15) is 5.92 Å². The zero-order chi connectivity index (χ0) is 12.7. The molecule has 1 amide bonds. The number of carbonyl (C=O) groups is 1. The number of amides is 1. The first-order valence-corrected chi connectivity index (χ1v) is 5.71. The number of nitrogens with one attached hydrogen (secondary N) is 1. The second-order valence-corrected chi connectivity index (χ2v) is 4.95. The van der Waals surface area contributed by atoms with E-state index in [9.17, 15) is 4.79 Å². The zero-order valence-corrected chi connectivity index (χ0v) is 10.9. The minimum Gasteiger partial charge on any atom is -0.351 e. The standard InChI is InChI=1S/C12H23N3O/c1-9(2)6-11(8-15(4)5)14-12(16)10(3)7-13/h9-11H,6,8H2,1-5H3,(H,14,16). The first kappa shape index (κ1) is 14.9. The molecular weight excluding hydrogens is 202 g/mol. The van der Waals surface area contributed by atoms with E-state index in [0.717, 1.165) is 13.0 Å². The molecule has 4 nitrogen and oxygen atoms in total. The number of likely N-dealkylation sites (N-methyl/N-ethyl adjacent to an activating group) is 1. The fraction of sp³-hybridized carbons (Fsp3) is 0.833. The zero-order valence-electron chi connectivity index (χ0n) is 10.9. The van der Waals surface area contributed by atoms with Gasteiger partial charge in [0, 0.05) is 12.6 Å². The van der Waals surface area contributed by atoms with Gasteiger partial charge in [-0.2, -0.15) is 5.26 Å². The lowest BCUT2D eigenvalue weighted by Gasteiger charge is -2.24. The Kier molecular flexibility index (Phi) is 6.75. The molecule has 0 saturated heterocycles. The number of nitrogens with zero attached hydrogens (tertiary/aromatic N) is 2. The van der Waals surface area contributed by atoms with Crippen LogP contribution in [-0.4, -0.2) is 37.5 Å². The summed E-state index contributed by atoms with van der Waals surface area (Å²) in [6.45, 7) is 6.69. The lowest BCUT2D eigenvalue weighted by molar-refractivity contribution is -0.123. The molecule has 0 aliphatic heterocycles. The summed E-state index contributed by atoms with van der Waals surface area (Å²) in [6.07, 6.45) is 0.933. The molecule has 92 valence electrons. The maximum absolute atomic E-state index is 11.6. The Hall–Kier alpha value is -1.08. The SMILES string of the molecule is CC(C)CC(CN(C)C)NC(=O)C(C)C#N. The van der Waals surface area contributed by atoms with Gasteiger partial charge in [-0.05, 0) is 33.4 Å². The summed E-state index contributed by atoms with van der Waals surface area (Å²) in [5.41, 5.74) is 0. The molecule has 0 radical (unpaired) electrons. The fourth-order valence-corrected chi connectivity index (χ4v) is 1.57. The molecular formula is C12H23N3O. The Morgan fingerprint density at radius 1 is 1.38 bits per heavy atom. The van der Waals surface area contributed by atoms with Gasteiger partial charge in [0.05, 0.1) is 6.07 Å². The van der Waals surface area contributed by atoms with Gasteiger partial charge in [0.25, 0.3) is 0 Å². The summed E-state index contributed by atoms with van der Waals surface area (Å²) in [5.74, 6) is -0.213. The number of rotatable bonds is 6. The third-order valence-electron chi connectivity index (χ3n) is 2.27. The fourth-order valence-electron chi connectivity index (χ4n) is 1.57. The summed E-state index contributed by atoms with van der Waals surface area (Å²) < 4.78 is 0. The molecule has 4 heteroatoms. The van der Waals surface area contributed by atoms with E-state index in [1.807, 2.05) is 25.1 Å². The average molecular weight is 225 g/mol. The molecule has 2 atom stereocenters. The van der Waals surface area contributed by atoms with E-state index in [1.165, 1.54) is 0 Å². The molecule has 1 N–H and O–H groups in total. The van der Waals surface area contributed by atoms with Crippen molar-refractivity contribution in [3.8, 4) is 6.07 Å². The van der Waals surface area contributed by atoms with Gasteiger partial charge < -0.3 is 10.2 Å². The lowest BCUT2D eigenvalue weighted by Crippen LogP contribution is -2.44. The van der Waals surface area contributed by atoms with Crippen molar-refractivity contribution < 1.29 is 4.79 Å². The molecule has 0 aromatic carbocycles. The van der Waals surface area contributed by atoms with Gasteiger partial charge in [-0.25, -0.2) is 0 Å². The Labute approximate surface area is 98.6 Å². The minimum atomic E-state index is -0.572. The number of carbonyl (C=O) groups excluding carboxylic acids is 1. The molecule has 16 heavy (non-hydrogen) atoms. The van der Waals surface area contributed by atoms with Gasteiger partial charge in [-0.3, -0.25) is 4.79 Å². The van der Waals surface area contributed by atoms with Crippen LogP contribution in [0.15, 0.2) is 0 Å². The molecule has 0 aromatic heterocycles. The largest absolute Gasteiger partial charge is 0.351 e. The molecule has 2 unspecified atom stereocenters. The summed E-state index contributed by atoms with van der Waals surface area (Å²) in [4.78, 5) is 13.6. The Morgan fingerprint density at radius 2 is 1.94 bits per heavy atom. The molecule has 0 spiro atoms. The topological polar surface area (TPSA) is 56.1 Å². The third kappa shape index (κ3) is 6.41. The van der Waals surface area contributed by atoms with Gasteiger partial charge in [0.15, 0.2) is 0 Å². The van der Waals surface area contributed by atoms with Crippen molar-refractivity contribution in [1.82, 2.24) is 10.2 Å². The van der Waals surface area contributed by atoms with E-state index < -0.39 is 5.92 Å². The molecule has 0 bridgehead atoms. The normalized spacial score (nSPS) is 14.6. The van der Waals surface area contributed by atoms with Crippen LogP contribution >= 0.6 is 0 Å². The lowest BCUT2D eigenvalue weighted by atomic mass is 10.0. The van der Waals surface area contributed by atoms with Crippen LogP contribution in [0.2, 0.25) is 0 Å². The smallest absolute Gasteiger partial charge is 0.237 e. The molecule has 0 rings (SSSR count). The molecule has 0 aromatic rings. The van der Waals surface area contributed by atoms with Crippen LogP contribution < -0.4 is 5.32 Å². The second-order valence-electron chi connectivity index (χ2n) is 4.95. The van der Waals surface area contributed by atoms with Crippen LogP contribution in [0.1, 0.15) is 27.2 Å². The van der Waals surface area contributed by atoms with Crippen molar-refractivity contribution >= 4 is 5.91 Å².